The zero-order chi connectivity index (χ0) is 15.3. The van der Waals surface area contributed by atoms with Gasteiger partial charge in [0.2, 0.25) is 11.8 Å². The predicted octanol–water partition coefficient (Wildman–Crippen LogP) is -1.35. The summed E-state index contributed by atoms with van der Waals surface area (Å²) in [4.78, 5) is 36.3. The van der Waals surface area contributed by atoms with Crippen LogP contribution in [0.25, 0.3) is 0 Å². The van der Waals surface area contributed by atoms with Crippen molar-refractivity contribution in [3.63, 3.8) is 0 Å². The molecule has 7 heteroatoms. The van der Waals surface area contributed by atoms with Crippen LogP contribution in [-0.4, -0.2) is 59.6 Å². The van der Waals surface area contributed by atoms with E-state index >= 15 is 0 Å². The molecule has 0 unspecified atom stereocenters. The molecule has 1 fully saturated rings. The van der Waals surface area contributed by atoms with Gasteiger partial charge in [0.1, 0.15) is 12.1 Å². The average Bonchev–Trinajstić information content (AvgIpc) is 2.79. The van der Waals surface area contributed by atoms with E-state index in [1.165, 1.54) is 18.9 Å². The van der Waals surface area contributed by atoms with Crippen molar-refractivity contribution in [2.24, 2.45) is 0 Å². The average molecular weight is 282 g/mol. The van der Waals surface area contributed by atoms with Gasteiger partial charge in [-0.3, -0.25) is 9.59 Å². The quantitative estimate of drug-likeness (QED) is 0.491. The van der Waals surface area contributed by atoms with Crippen LogP contribution in [0.1, 0.15) is 19.8 Å². The van der Waals surface area contributed by atoms with E-state index in [4.69, 9.17) is 6.42 Å². The molecule has 0 aromatic heterocycles. The lowest BCUT2D eigenvalue weighted by Gasteiger charge is -2.23. The van der Waals surface area contributed by atoms with Crippen molar-refractivity contribution in [1.82, 2.24) is 10.2 Å². The summed E-state index contributed by atoms with van der Waals surface area (Å²) in [6.45, 7) is 1.42. The Balaban J connectivity index is 2.75. The summed E-state index contributed by atoms with van der Waals surface area (Å²) in [5.41, 5.74) is 0. The third kappa shape index (κ3) is 3.71. The summed E-state index contributed by atoms with van der Waals surface area (Å²) in [5, 5.41) is 12.0. The second kappa shape index (κ2) is 6.91. The molecule has 1 saturated heterocycles. The van der Waals surface area contributed by atoms with Crippen LogP contribution >= 0.6 is 0 Å². The maximum absolute atomic E-state index is 12.1. The molecule has 7 nitrogen and oxygen atoms in total. The zero-order valence-electron chi connectivity index (χ0n) is 11.5. The number of hydrogen-bond acceptors (Lipinski definition) is 5. The zero-order valence-corrected chi connectivity index (χ0v) is 11.5. The molecule has 20 heavy (non-hydrogen) atoms. The highest BCUT2D eigenvalue weighted by molar-refractivity contribution is 5.90. The Hall–Kier alpha value is -2.07. The van der Waals surface area contributed by atoms with E-state index in [0.29, 0.717) is 0 Å². The second-order valence-corrected chi connectivity index (χ2v) is 4.57. The van der Waals surface area contributed by atoms with Crippen molar-refractivity contribution in [3.05, 3.63) is 0 Å². The van der Waals surface area contributed by atoms with Gasteiger partial charge in [0, 0.05) is 26.3 Å². The SMILES string of the molecule is C#CC[C@H](NC(=O)[C@@H]1C[C@@H](O)CN1C(C)=O)C(=O)OC. The van der Waals surface area contributed by atoms with E-state index in [9.17, 15) is 19.5 Å². The van der Waals surface area contributed by atoms with Gasteiger partial charge in [-0.15, -0.1) is 12.3 Å². The lowest BCUT2D eigenvalue weighted by molar-refractivity contribution is -0.146. The summed E-state index contributed by atoms with van der Waals surface area (Å²) in [6.07, 6.45) is 4.51. The number of β-amino-alcohol motifs (C(OH)–C–C–N with tert-alkyl or cyclic N) is 1. The molecule has 1 aliphatic heterocycles. The molecule has 0 bridgehead atoms. The van der Waals surface area contributed by atoms with Crippen LogP contribution in [-0.2, 0) is 19.1 Å². The number of aliphatic hydroxyl groups excluding tert-OH is 1. The molecule has 110 valence electrons. The maximum Gasteiger partial charge on any atom is 0.329 e. The van der Waals surface area contributed by atoms with E-state index in [2.05, 4.69) is 16.0 Å². The Morgan fingerprint density at radius 2 is 2.20 bits per heavy atom. The van der Waals surface area contributed by atoms with Gasteiger partial charge in [0.05, 0.1) is 13.2 Å². The molecule has 1 rings (SSSR count). The predicted molar refractivity (Wildman–Crippen MR) is 69.2 cm³/mol. The van der Waals surface area contributed by atoms with Crippen molar-refractivity contribution in [3.8, 4) is 12.3 Å². The largest absolute Gasteiger partial charge is 0.467 e. The van der Waals surface area contributed by atoms with E-state index in [0.717, 1.165) is 0 Å². The highest BCUT2D eigenvalue weighted by Crippen LogP contribution is 2.18. The second-order valence-electron chi connectivity index (χ2n) is 4.57. The molecule has 1 heterocycles. The molecule has 0 radical (unpaired) electrons. The van der Waals surface area contributed by atoms with Crippen molar-refractivity contribution in [2.75, 3.05) is 13.7 Å². The Bertz CT molecular complexity index is 443. The number of likely N-dealkylation sites (tertiary alicyclic amines) is 1. The molecule has 2 amide bonds. The molecule has 0 spiro atoms. The van der Waals surface area contributed by atoms with Crippen molar-refractivity contribution < 1.29 is 24.2 Å². The summed E-state index contributed by atoms with van der Waals surface area (Å²) in [5.74, 6) is 0.790. The molecular formula is C13H18N2O5. The molecule has 0 saturated carbocycles. The van der Waals surface area contributed by atoms with Crippen LogP contribution in [0.15, 0.2) is 0 Å². The number of nitrogens with one attached hydrogen (secondary N) is 1. The highest BCUT2D eigenvalue weighted by atomic mass is 16.5. The molecule has 0 aliphatic carbocycles. The van der Waals surface area contributed by atoms with Crippen LogP contribution in [0.3, 0.4) is 0 Å². The van der Waals surface area contributed by atoms with Crippen molar-refractivity contribution >= 4 is 17.8 Å². The molecule has 0 aromatic rings. The molecule has 1 aliphatic rings. The smallest absolute Gasteiger partial charge is 0.329 e. The number of nitrogens with zero attached hydrogens (tertiary/aromatic N) is 1. The minimum Gasteiger partial charge on any atom is -0.467 e. The van der Waals surface area contributed by atoms with Crippen LogP contribution in [0.4, 0.5) is 0 Å². The van der Waals surface area contributed by atoms with E-state index in [1.54, 1.807) is 0 Å². The van der Waals surface area contributed by atoms with Gasteiger partial charge in [-0.2, -0.15) is 0 Å². The first-order valence-corrected chi connectivity index (χ1v) is 6.17. The Kier molecular flexibility index (Phi) is 5.53. The molecule has 0 aromatic carbocycles. The van der Waals surface area contributed by atoms with Gasteiger partial charge in [-0.25, -0.2) is 4.79 Å². The lowest BCUT2D eigenvalue weighted by Crippen LogP contribution is -2.50. The summed E-state index contributed by atoms with van der Waals surface area (Å²) in [6, 6.07) is -1.75. The van der Waals surface area contributed by atoms with Gasteiger partial charge in [0.25, 0.3) is 0 Å². The number of carbonyl (C=O) groups is 3. The number of rotatable bonds is 4. The monoisotopic (exact) mass is 282 g/mol. The van der Waals surface area contributed by atoms with Gasteiger partial charge in [-0.05, 0) is 0 Å². The number of ether oxygens (including phenoxy) is 1. The molecular weight excluding hydrogens is 264 g/mol. The fourth-order valence-corrected chi connectivity index (χ4v) is 2.13. The third-order valence-electron chi connectivity index (χ3n) is 3.11. The first kappa shape index (κ1) is 16.0. The van der Waals surface area contributed by atoms with E-state index < -0.39 is 30.1 Å². The van der Waals surface area contributed by atoms with Gasteiger partial charge in [-0.1, -0.05) is 0 Å². The third-order valence-corrected chi connectivity index (χ3v) is 3.11. The van der Waals surface area contributed by atoms with Crippen LogP contribution in [0, 0.1) is 12.3 Å². The lowest BCUT2D eigenvalue weighted by atomic mass is 10.1. The van der Waals surface area contributed by atoms with Crippen molar-refractivity contribution in [2.45, 2.75) is 38.0 Å². The number of amides is 2. The number of hydrogen-bond donors (Lipinski definition) is 2. The van der Waals surface area contributed by atoms with E-state index in [-0.39, 0.29) is 25.3 Å². The van der Waals surface area contributed by atoms with Crippen LogP contribution in [0.5, 0.6) is 0 Å². The number of aliphatic hydroxyl groups is 1. The van der Waals surface area contributed by atoms with Gasteiger partial charge >= 0.3 is 5.97 Å². The minimum atomic E-state index is -0.955. The number of terminal acetylenes is 1. The summed E-state index contributed by atoms with van der Waals surface area (Å²) >= 11 is 0. The van der Waals surface area contributed by atoms with Crippen LogP contribution in [0.2, 0.25) is 0 Å². The number of esters is 1. The van der Waals surface area contributed by atoms with Gasteiger partial charge < -0.3 is 20.1 Å². The number of carbonyl (C=O) groups excluding carboxylic acids is 3. The Morgan fingerprint density at radius 1 is 1.55 bits per heavy atom. The summed E-state index contributed by atoms with van der Waals surface area (Å²) < 4.78 is 4.54. The van der Waals surface area contributed by atoms with E-state index in [1.807, 2.05) is 0 Å². The summed E-state index contributed by atoms with van der Waals surface area (Å²) in [7, 11) is 1.19. The normalized spacial score (nSPS) is 22.8. The minimum absolute atomic E-state index is 0.00619. The van der Waals surface area contributed by atoms with Crippen LogP contribution < -0.4 is 5.32 Å². The molecule has 3 atom stereocenters. The fourth-order valence-electron chi connectivity index (χ4n) is 2.13. The van der Waals surface area contributed by atoms with Crippen molar-refractivity contribution in [1.29, 1.82) is 0 Å². The highest BCUT2D eigenvalue weighted by Gasteiger charge is 2.38. The number of methoxy groups -OCH3 is 1. The molecule has 2 N–H and O–H groups in total. The van der Waals surface area contributed by atoms with Gasteiger partial charge in [0.15, 0.2) is 0 Å². The first-order chi connectivity index (χ1) is 9.40. The Labute approximate surface area is 117 Å². The fraction of sp³-hybridized carbons (Fsp3) is 0.615. The Morgan fingerprint density at radius 3 is 2.70 bits per heavy atom. The topological polar surface area (TPSA) is 95.9 Å². The maximum atomic E-state index is 12.1. The standard InChI is InChI=1S/C13H18N2O5/c1-4-5-10(13(19)20-3)14-12(18)11-6-9(17)7-15(11)8(2)16/h1,9-11,17H,5-7H2,2-3H3,(H,14,18)/t9-,10+,11+/m1/s1. The first-order valence-electron chi connectivity index (χ1n) is 6.17.